The Balaban J connectivity index is 1.61. The normalized spacial score (nSPS) is 18.4. The maximum Gasteiger partial charge on any atom is 0.268 e. The van der Waals surface area contributed by atoms with Crippen molar-refractivity contribution in [3.8, 4) is 0 Å². The molecule has 2 heterocycles. The zero-order valence-electron chi connectivity index (χ0n) is 15.6. The standard InChI is InChI=1S/C24H19BrN2O2/c25-17-10-11-22-19(14-17)24(29,20-15-26-21-9-5-4-8-18(20)21)23(28)27(22)13-12-16-6-2-1-3-7-16/h1-11,14-15,26,29H,12-13H2/t24-/m1/s1. The van der Waals surface area contributed by atoms with Gasteiger partial charge < -0.3 is 15.0 Å². The van der Waals surface area contributed by atoms with E-state index in [9.17, 15) is 9.90 Å². The van der Waals surface area contributed by atoms with Gasteiger partial charge in [-0.15, -0.1) is 0 Å². The van der Waals surface area contributed by atoms with Crippen LogP contribution in [0.1, 0.15) is 16.7 Å². The molecule has 0 unspecified atom stereocenters. The van der Waals surface area contributed by atoms with Gasteiger partial charge in [-0.1, -0.05) is 64.5 Å². The van der Waals surface area contributed by atoms with Gasteiger partial charge in [-0.05, 0) is 36.2 Å². The van der Waals surface area contributed by atoms with E-state index >= 15 is 0 Å². The van der Waals surface area contributed by atoms with Crippen molar-refractivity contribution in [3.05, 3.63) is 100 Å². The minimum atomic E-state index is -1.73. The molecule has 3 aromatic carbocycles. The van der Waals surface area contributed by atoms with E-state index in [1.54, 1.807) is 11.1 Å². The third-order valence-electron chi connectivity index (χ3n) is 5.64. The Kier molecular flexibility index (Phi) is 4.30. The molecule has 0 saturated heterocycles. The number of para-hydroxylation sites is 1. The fourth-order valence-corrected chi connectivity index (χ4v) is 4.55. The molecule has 144 valence electrons. The van der Waals surface area contributed by atoms with Gasteiger partial charge in [0.2, 0.25) is 0 Å². The topological polar surface area (TPSA) is 56.3 Å². The highest BCUT2D eigenvalue weighted by Crippen LogP contribution is 2.47. The summed E-state index contributed by atoms with van der Waals surface area (Å²) in [5, 5.41) is 12.7. The number of amides is 1. The van der Waals surface area contributed by atoms with Gasteiger partial charge in [0.05, 0.1) is 5.69 Å². The summed E-state index contributed by atoms with van der Waals surface area (Å²) < 4.78 is 0.826. The van der Waals surface area contributed by atoms with Gasteiger partial charge in [-0.25, -0.2) is 0 Å². The van der Waals surface area contributed by atoms with E-state index in [4.69, 9.17) is 0 Å². The maximum absolute atomic E-state index is 13.6. The Morgan fingerprint density at radius 1 is 0.966 bits per heavy atom. The molecule has 0 bridgehead atoms. The summed E-state index contributed by atoms with van der Waals surface area (Å²) in [4.78, 5) is 18.5. The number of anilines is 1. The number of nitrogens with one attached hydrogen (secondary N) is 1. The summed E-state index contributed by atoms with van der Waals surface area (Å²) in [6.07, 6.45) is 2.46. The van der Waals surface area contributed by atoms with Gasteiger partial charge >= 0.3 is 0 Å². The molecule has 0 saturated carbocycles. The van der Waals surface area contributed by atoms with E-state index in [1.165, 1.54) is 0 Å². The van der Waals surface area contributed by atoms with Gasteiger partial charge in [-0.3, -0.25) is 4.79 Å². The molecule has 1 atom stereocenters. The lowest BCUT2D eigenvalue weighted by atomic mass is 9.87. The Hall–Kier alpha value is -2.89. The Labute approximate surface area is 176 Å². The second kappa shape index (κ2) is 6.87. The fraction of sp³-hybridized carbons (Fsp3) is 0.125. The number of H-pyrrole nitrogens is 1. The molecular weight excluding hydrogens is 428 g/mol. The minimum Gasteiger partial charge on any atom is -0.372 e. The lowest BCUT2D eigenvalue weighted by Crippen LogP contribution is -2.41. The fourth-order valence-electron chi connectivity index (χ4n) is 4.19. The van der Waals surface area contributed by atoms with Crippen LogP contribution >= 0.6 is 15.9 Å². The first kappa shape index (κ1) is 18.2. The van der Waals surface area contributed by atoms with E-state index < -0.39 is 5.60 Å². The number of carbonyl (C=O) groups is 1. The molecular formula is C24H19BrN2O2. The Morgan fingerprint density at radius 2 is 1.72 bits per heavy atom. The Morgan fingerprint density at radius 3 is 2.55 bits per heavy atom. The molecule has 0 fully saturated rings. The molecule has 0 aliphatic carbocycles. The smallest absolute Gasteiger partial charge is 0.268 e. The van der Waals surface area contributed by atoms with E-state index in [0.29, 0.717) is 24.1 Å². The lowest BCUT2D eigenvalue weighted by Gasteiger charge is -2.23. The van der Waals surface area contributed by atoms with Crippen molar-refractivity contribution in [1.82, 2.24) is 4.98 Å². The SMILES string of the molecule is O=C1N(CCc2ccccc2)c2ccc(Br)cc2[C@@]1(O)c1c[nH]c2ccccc12. The predicted molar refractivity (Wildman–Crippen MR) is 118 cm³/mol. The van der Waals surface area contributed by atoms with Gasteiger partial charge in [-0.2, -0.15) is 0 Å². The summed E-state index contributed by atoms with van der Waals surface area (Å²) in [5.41, 5.74) is 2.26. The number of hydrogen-bond acceptors (Lipinski definition) is 2. The molecule has 4 aromatic rings. The van der Waals surface area contributed by atoms with Crippen molar-refractivity contribution in [3.63, 3.8) is 0 Å². The first-order chi connectivity index (χ1) is 14.1. The molecule has 4 nitrogen and oxygen atoms in total. The molecule has 0 radical (unpaired) electrons. The third kappa shape index (κ3) is 2.81. The number of halogens is 1. The van der Waals surface area contributed by atoms with E-state index in [1.807, 2.05) is 60.7 Å². The summed E-state index contributed by atoms with van der Waals surface area (Å²) in [7, 11) is 0. The molecule has 0 spiro atoms. The van der Waals surface area contributed by atoms with Crippen molar-refractivity contribution in [1.29, 1.82) is 0 Å². The molecule has 1 aliphatic heterocycles. The third-order valence-corrected chi connectivity index (χ3v) is 6.13. The van der Waals surface area contributed by atoms with Crippen molar-refractivity contribution in [2.45, 2.75) is 12.0 Å². The highest BCUT2D eigenvalue weighted by Gasteiger charge is 2.52. The number of aromatic amines is 1. The average molecular weight is 447 g/mol. The van der Waals surface area contributed by atoms with Gasteiger partial charge in [0.1, 0.15) is 0 Å². The number of aliphatic hydroxyl groups is 1. The first-order valence-electron chi connectivity index (χ1n) is 9.54. The van der Waals surface area contributed by atoms with Crippen LogP contribution < -0.4 is 4.90 Å². The van der Waals surface area contributed by atoms with E-state index in [2.05, 4.69) is 33.0 Å². The van der Waals surface area contributed by atoms with Gasteiger partial charge in [0.25, 0.3) is 5.91 Å². The first-order valence-corrected chi connectivity index (χ1v) is 10.3. The van der Waals surface area contributed by atoms with Crippen molar-refractivity contribution in [2.24, 2.45) is 0 Å². The summed E-state index contributed by atoms with van der Waals surface area (Å²) in [6.45, 7) is 0.502. The van der Waals surface area contributed by atoms with E-state index in [0.717, 1.165) is 26.6 Å². The Bertz CT molecular complexity index is 1220. The van der Waals surface area contributed by atoms with Crippen LogP contribution in [0.4, 0.5) is 5.69 Å². The predicted octanol–water partition coefficient (Wildman–Crippen LogP) is 4.76. The summed E-state index contributed by atoms with van der Waals surface area (Å²) in [5.74, 6) is -0.314. The number of aromatic nitrogens is 1. The molecule has 2 N–H and O–H groups in total. The highest BCUT2D eigenvalue weighted by molar-refractivity contribution is 9.10. The molecule has 29 heavy (non-hydrogen) atoms. The average Bonchev–Trinajstić information content (AvgIpc) is 3.27. The van der Waals surface area contributed by atoms with Crippen LogP contribution in [-0.2, 0) is 16.8 Å². The molecule has 1 amide bonds. The number of rotatable bonds is 4. The molecule has 5 rings (SSSR count). The minimum absolute atomic E-state index is 0.314. The summed E-state index contributed by atoms with van der Waals surface area (Å²) >= 11 is 3.50. The van der Waals surface area contributed by atoms with Crippen molar-refractivity contribution < 1.29 is 9.90 Å². The second-order valence-corrected chi connectivity index (χ2v) is 8.23. The van der Waals surface area contributed by atoms with Gasteiger partial charge in [0.15, 0.2) is 5.60 Å². The van der Waals surface area contributed by atoms with E-state index in [-0.39, 0.29) is 5.91 Å². The maximum atomic E-state index is 13.6. The second-order valence-electron chi connectivity index (χ2n) is 7.31. The zero-order valence-corrected chi connectivity index (χ0v) is 17.2. The van der Waals surface area contributed by atoms with Crippen LogP contribution in [0.15, 0.2) is 83.5 Å². The number of nitrogens with zero attached hydrogens (tertiary/aromatic N) is 1. The van der Waals surface area contributed by atoms with Crippen LogP contribution in [0.25, 0.3) is 10.9 Å². The number of fused-ring (bicyclic) bond motifs is 2. The molecule has 1 aromatic heterocycles. The van der Waals surface area contributed by atoms with Crippen molar-refractivity contribution in [2.75, 3.05) is 11.4 Å². The molecule has 1 aliphatic rings. The number of carbonyl (C=O) groups excluding carboxylic acids is 1. The number of hydrogen-bond donors (Lipinski definition) is 2. The quantitative estimate of drug-likeness (QED) is 0.474. The largest absolute Gasteiger partial charge is 0.372 e. The number of benzene rings is 3. The molecule has 5 heteroatoms. The highest BCUT2D eigenvalue weighted by atomic mass is 79.9. The zero-order chi connectivity index (χ0) is 20.0. The van der Waals surface area contributed by atoms with Crippen LogP contribution in [0, 0.1) is 0 Å². The lowest BCUT2D eigenvalue weighted by molar-refractivity contribution is -0.132. The van der Waals surface area contributed by atoms with Crippen LogP contribution in [-0.4, -0.2) is 22.5 Å². The van der Waals surface area contributed by atoms with Gasteiger partial charge in [0, 0.05) is 39.2 Å². The monoisotopic (exact) mass is 446 g/mol. The van der Waals surface area contributed by atoms with Crippen LogP contribution in [0.5, 0.6) is 0 Å². The van der Waals surface area contributed by atoms with Crippen LogP contribution in [0.2, 0.25) is 0 Å². The van der Waals surface area contributed by atoms with Crippen molar-refractivity contribution >= 4 is 38.4 Å². The van der Waals surface area contributed by atoms with Crippen LogP contribution in [0.3, 0.4) is 0 Å². The summed E-state index contributed by atoms with van der Waals surface area (Å²) in [6, 6.07) is 23.4.